The van der Waals surface area contributed by atoms with Gasteiger partial charge in [0.05, 0.1) is 5.69 Å². The number of anilines is 3. The highest BCUT2D eigenvalue weighted by Gasteiger charge is 2.19. The van der Waals surface area contributed by atoms with E-state index >= 15 is 0 Å². The first-order valence-electron chi connectivity index (χ1n) is 12.0. The van der Waals surface area contributed by atoms with Gasteiger partial charge in [-0.1, -0.05) is 109 Å². The molecule has 0 radical (unpaired) electrons. The molecule has 35 heavy (non-hydrogen) atoms. The lowest BCUT2D eigenvalue weighted by Gasteiger charge is -2.28. The molecule has 0 heterocycles. The number of fused-ring (bicyclic) bond motifs is 7. The molecule has 0 spiro atoms. The second kappa shape index (κ2) is 8.00. The van der Waals surface area contributed by atoms with Crippen LogP contribution in [0.25, 0.3) is 43.1 Å². The average molecular weight is 446 g/mol. The van der Waals surface area contributed by atoms with Crippen molar-refractivity contribution in [3.8, 4) is 0 Å². The first-order valence-corrected chi connectivity index (χ1v) is 12.0. The van der Waals surface area contributed by atoms with Crippen LogP contribution in [0.3, 0.4) is 0 Å². The van der Waals surface area contributed by atoms with E-state index in [1.165, 1.54) is 48.8 Å². The van der Waals surface area contributed by atoms with E-state index in [1.54, 1.807) is 0 Å². The smallest absolute Gasteiger partial charge is 0.0546 e. The lowest BCUT2D eigenvalue weighted by atomic mass is 9.91. The molecule has 0 saturated heterocycles. The molecule has 7 rings (SSSR count). The molecular formula is C34H23N. The van der Waals surface area contributed by atoms with Crippen LogP contribution in [0.4, 0.5) is 17.1 Å². The summed E-state index contributed by atoms with van der Waals surface area (Å²) in [4.78, 5) is 2.38. The Labute approximate surface area is 204 Å². The van der Waals surface area contributed by atoms with Gasteiger partial charge < -0.3 is 4.90 Å². The second-order valence-electron chi connectivity index (χ2n) is 9.00. The molecular weight excluding hydrogens is 422 g/mol. The van der Waals surface area contributed by atoms with E-state index in [1.807, 2.05) is 0 Å². The van der Waals surface area contributed by atoms with Crippen LogP contribution in [-0.2, 0) is 0 Å². The van der Waals surface area contributed by atoms with Crippen molar-refractivity contribution in [2.45, 2.75) is 0 Å². The van der Waals surface area contributed by atoms with Gasteiger partial charge in [0.1, 0.15) is 0 Å². The molecule has 0 aliphatic rings. The predicted octanol–water partition coefficient (Wildman–Crippen LogP) is 9.77. The molecule has 0 aromatic heterocycles. The standard InChI is InChI=1S/C34H23N/c1-3-13-27(14-4-1)35(28-15-5-2-6-16-28)32-23-26-20-19-24-11-7-9-17-29(24)33(26)34-30-18-10-8-12-25(30)21-22-31(32)34/h1-23H. The molecule has 1 heteroatoms. The first kappa shape index (κ1) is 19.8. The Morgan fingerprint density at radius 3 is 1.46 bits per heavy atom. The monoisotopic (exact) mass is 445 g/mol. The third kappa shape index (κ3) is 3.17. The van der Waals surface area contributed by atoms with Gasteiger partial charge in [-0.25, -0.2) is 0 Å². The zero-order chi connectivity index (χ0) is 23.2. The highest BCUT2D eigenvalue weighted by atomic mass is 15.1. The molecule has 7 aromatic carbocycles. The summed E-state index contributed by atoms with van der Waals surface area (Å²) >= 11 is 0. The summed E-state index contributed by atoms with van der Waals surface area (Å²) in [5.41, 5.74) is 3.48. The molecule has 0 amide bonds. The normalized spacial score (nSPS) is 11.4. The van der Waals surface area contributed by atoms with Crippen LogP contribution in [0, 0.1) is 0 Å². The van der Waals surface area contributed by atoms with E-state index in [4.69, 9.17) is 0 Å². The van der Waals surface area contributed by atoms with Gasteiger partial charge in [0, 0.05) is 22.1 Å². The summed E-state index contributed by atoms with van der Waals surface area (Å²) in [5, 5.41) is 10.2. The van der Waals surface area contributed by atoms with E-state index in [9.17, 15) is 0 Å². The van der Waals surface area contributed by atoms with E-state index in [0.717, 1.165) is 11.4 Å². The molecule has 0 saturated carbocycles. The molecule has 164 valence electrons. The van der Waals surface area contributed by atoms with Crippen molar-refractivity contribution in [1.82, 2.24) is 0 Å². The van der Waals surface area contributed by atoms with Gasteiger partial charge in [0.2, 0.25) is 0 Å². The number of nitrogens with zero attached hydrogens (tertiary/aromatic N) is 1. The minimum atomic E-state index is 1.15. The van der Waals surface area contributed by atoms with Gasteiger partial charge in [0.15, 0.2) is 0 Å². The SMILES string of the molecule is c1ccc(N(c2ccccc2)c2cc3ccc4ccccc4c3c3c2ccc2ccccc23)cc1. The topological polar surface area (TPSA) is 3.24 Å². The van der Waals surface area contributed by atoms with Gasteiger partial charge >= 0.3 is 0 Å². The van der Waals surface area contributed by atoms with Crippen molar-refractivity contribution in [3.05, 3.63) is 140 Å². The number of para-hydroxylation sites is 2. The molecule has 1 nitrogen and oxygen atoms in total. The van der Waals surface area contributed by atoms with Gasteiger partial charge in [-0.05, 0) is 62.6 Å². The highest BCUT2D eigenvalue weighted by molar-refractivity contribution is 6.30. The molecule has 0 aliphatic carbocycles. The largest absolute Gasteiger partial charge is 0.310 e. The van der Waals surface area contributed by atoms with Crippen molar-refractivity contribution >= 4 is 60.2 Å². The van der Waals surface area contributed by atoms with E-state index in [0.29, 0.717) is 0 Å². The maximum absolute atomic E-state index is 2.38. The summed E-state index contributed by atoms with van der Waals surface area (Å²) in [6, 6.07) is 50.2. The van der Waals surface area contributed by atoms with Crippen LogP contribution in [0.2, 0.25) is 0 Å². The second-order valence-corrected chi connectivity index (χ2v) is 9.00. The molecule has 0 N–H and O–H groups in total. The van der Waals surface area contributed by atoms with Crippen LogP contribution < -0.4 is 4.90 Å². The van der Waals surface area contributed by atoms with Crippen LogP contribution in [0.1, 0.15) is 0 Å². The Hall–Kier alpha value is -4.62. The molecule has 0 fully saturated rings. The predicted molar refractivity (Wildman–Crippen MR) is 151 cm³/mol. The minimum absolute atomic E-state index is 1.15. The molecule has 7 aromatic rings. The Bertz CT molecular complexity index is 1800. The Morgan fingerprint density at radius 2 is 0.829 bits per heavy atom. The quantitative estimate of drug-likeness (QED) is 0.245. The third-order valence-electron chi connectivity index (χ3n) is 6.98. The maximum Gasteiger partial charge on any atom is 0.0546 e. The summed E-state index contributed by atoms with van der Waals surface area (Å²) < 4.78 is 0. The zero-order valence-electron chi connectivity index (χ0n) is 19.2. The fraction of sp³-hybridized carbons (Fsp3) is 0. The third-order valence-corrected chi connectivity index (χ3v) is 6.98. The number of rotatable bonds is 3. The van der Waals surface area contributed by atoms with E-state index in [2.05, 4.69) is 144 Å². The lowest BCUT2D eigenvalue weighted by Crippen LogP contribution is -2.10. The summed E-state index contributed by atoms with van der Waals surface area (Å²) in [7, 11) is 0. The van der Waals surface area contributed by atoms with Crippen LogP contribution in [0.5, 0.6) is 0 Å². The summed E-state index contributed by atoms with van der Waals surface area (Å²) in [6.07, 6.45) is 0. The molecule has 0 aliphatic heterocycles. The van der Waals surface area contributed by atoms with Crippen molar-refractivity contribution < 1.29 is 0 Å². The number of hydrogen-bond acceptors (Lipinski definition) is 1. The van der Waals surface area contributed by atoms with Crippen LogP contribution in [-0.4, -0.2) is 0 Å². The fourth-order valence-corrected chi connectivity index (χ4v) is 5.43. The van der Waals surface area contributed by atoms with Gasteiger partial charge in [0.25, 0.3) is 0 Å². The molecule has 0 bridgehead atoms. The Balaban J connectivity index is 1.69. The van der Waals surface area contributed by atoms with E-state index in [-0.39, 0.29) is 0 Å². The van der Waals surface area contributed by atoms with Gasteiger partial charge in [-0.15, -0.1) is 0 Å². The Kier molecular flexibility index (Phi) is 4.53. The summed E-state index contributed by atoms with van der Waals surface area (Å²) in [5.74, 6) is 0. The lowest BCUT2D eigenvalue weighted by molar-refractivity contribution is 1.30. The Morgan fingerprint density at radius 1 is 0.343 bits per heavy atom. The maximum atomic E-state index is 2.38. The van der Waals surface area contributed by atoms with E-state index < -0.39 is 0 Å². The van der Waals surface area contributed by atoms with Crippen LogP contribution >= 0.6 is 0 Å². The summed E-state index contributed by atoms with van der Waals surface area (Å²) in [6.45, 7) is 0. The number of hydrogen-bond donors (Lipinski definition) is 0. The van der Waals surface area contributed by atoms with Crippen molar-refractivity contribution in [1.29, 1.82) is 0 Å². The van der Waals surface area contributed by atoms with Gasteiger partial charge in [-0.3, -0.25) is 0 Å². The van der Waals surface area contributed by atoms with Crippen molar-refractivity contribution in [2.75, 3.05) is 4.90 Å². The fourth-order valence-electron chi connectivity index (χ4n) is 5.43. The van der Waals surface area contributed by atoms with Crippen molar-refractivity contribution in [3.63, 3.8) is 0 Å². The van der Waals surface area contributed by atoms with Crippen LogP contribution in [0.15, 0.2) is 140 Å². The highest BCUT2D eigenvalue weighted by Crippen LogP contribution is 2.45. The molecule has 0 atom stereocenters. The van der Waals surface area contributed by atoms with Crippen molar-refractivity contribution in [2.24, 2.45) is 0 Å². The number of benzene rings is 7. The first-order chi connectivity index (χ1) is 17.4. The minimum Gasteiger partial charge on any atom is -0.310 e. The zero-order valence-corrected chi connectivity index (χ0v) is 19.2. The molecule has 0 unspecified atom stereocenters. The van der Waals surface area contributed by atoms with Gasteiger partial charge in [-0.2, -0.15) is 0 Å². The average Bonchev–Trinajstić information content (AvgIpc) is 2.94.